The molecule has 0 saturated carbocycles. The van der Waals surface area contributed by atoms with Gasteiger partial charge in [0, 0.05) is 12.4 Å². The minimum Gasteiger partial charge on any atom is -0.307 e. The molecule has 0 aliphatic heterocycles. The van der Waals surface area contributed by atoms with Crippen LogP contribution in [0.3, 0.4) is 0 Å². The zero-order chi connectivity index (χ0) is 13.5. The Hall–Kier alpha value is -1.15. The van der Waals surface area contributed by atoms with Gasteiger partial charge in [0.15, 0.2) is 0 Å². The Morgan fingerprint density at radius 3 is 2.95 bits per heavy atom. The Bertz CT molecular complexity index is 423. The number of nitrogens with zero attached hydrogens (tertiary/aromatic N) is 1. The van der Waals surface area contributed by atoms with Gasteiger partial charge >= 0.3 is 0 Å². The largest absolute Gasteiger partial charge is 0.307 e. The van der Waals surface area contributed by atoms with Crippen molar-refractivity contribution in [3.05, 3.63) is 41.2 Å². The summed E-state index contributed by atoms with van der Waals surface area (Å²) in [7, 11) is 0. The second-order valence-electron chi connectivity index (χ2n) is 5.30. The first-order valence-electron chi connectivity index (χ1n) is 7.71. The van der Waals surface area contributed by atoms with Gasteiger partial charge in [0.05, 0.1) is 6.04 Å². The Kier molecular flexibility index (Phi) is 5.59. The van der Waals surface area contributed by atoms with Crippen LogP contribution < -0.4 is 5.32 Å². The first-order chi connectivity index (χ1) is 9.36. The van der Waals surface area contributed by atoms with Gasteiger partial charge in [0.1, 0.15) is 0 Å². The van der Waals surface area contributed by atoms with Gasteiger partial charge < -0.3 is 5.32 Å². The number of pyridine rings is 1. The van der Waals surface area contributed by atoms with E-state index in [0.29, 0.717) is 6.04 Å². The summed E-state index contributed by atoms with van der Waals surface area (Å²) in [6, 6.07) is 2.58. The van der Waals surface area contributed by atoms with Gasteiger partial charge in [-0.15, -0.1) is 0 Å². The van der Waals surface area contributed by atoms with Gasteiger partial charge in [-0.1, -0.05) is 31.9 Å². The van der Waals surface area contributed by atoms with Gasteiger partial charge in [-0.3, -0.25) is 4.98 Å². The molecular formula is C17H26N2. The Morgan fingerprint density at radius 1 is 1.26 bits per heavy atom. The first-order valence-corrected chi connectivity index (χ1v) is 7.71. The van der Waals surface area contributed by atoms with Gasteiger partial charge in [-0.05, 0) is 55.8 Å². The van der Waals surface area contributed by atoms with Crippen molar-refractivity contribution in [2.24, 2.45) is 0 Å². The molecular weight excluding hydrogens is 232 g/mol. The lowest BCUT2D eigenvalue weighted by atomic mass is 9.92. The zero-order valence-corrected chi connectivity index (χ0v) is 12.3. The van der Waals surface area contributed by atoms with Gasteiger partial charge in [0.2, 0.25) is 0 Å². The second-order valence-corrected chi connectivity index (χ2v) is 5.30. The minimum atomic E-state index is 0.390. The van der Waals surface area contributed by atoms with Crippen LogP contribution in [0.1, 0.15) is 63.1 Å². The van der Waals surface area contributed by atoms with Crippen LogP contribution >= 0.6 is 0 Å². The lowest BCUT2D eigenvalue weighted by Crippen LogP contribution is -2.24. The fourth-order valence-electron chi connectivity index (χ4n) is 2.96. The van der Waals surface area contributed by atoms with Crippen molar-refractivity contribution in [2.75, 3.05) is 6.54 Å². The van der Waals surface area contributed by atoms with Crippen LogP contribution in [0.15, 0.2) is 30.1 Å². The predicted octanol–water partition coefficient (Wildman–Crippen LogP) is 4.19. The summed E-state index contributed by atoms with van der Waals surface area (Å²) in [4.78, 5) is 4.28. The summed E-state index contributed by atoms with van der Waals surface area (Å²) >= 11 is 0. The van der Waals surface area contributed by atoms with Crippen LogP contribution in [0.5, 0.6) is 0 Å². The molecule has 2 nitrogen and oxygen atoms in total. The minimum absolute atomic E-state index is 0.390. The number of aromatic nitrogens is 1. The number of aryl methyl sites for hydroxylation is 1. The van der Waals surface area contributed by atoms with Crippen molar-refractivity contribution in [1.29, 1.82) is 0 Å². The third kappa shape index (κ3) is 3.66. The lowest BCUT2D eigenvalue weighted by Gasteiger charge is -2.23. The van der Waals surface area contributed by atoms with Gasteiger partial charge in [-0.2, -0.15) is 0 Å². The molecule has 0 fully saturated rings. The van der Waals surface area contributed by atoms with E-state index in [1.165, 1.54) is 43.2 Å². The second kappa shape index (κ2) is 7.44. The van der Waals surface area contributed by atoms with E-state index >= 15 is 0 Å². The monoisotopic (exact) mass is 258 g/mol. The van der Waals surface area contributed by atoms with E-state index in [1.54, 1.807) is 5.57 Å². The maximum Gasteiger partial charge on any atom is 0.0539 e. The number of hydrogen-bond donors (Lipinski definition) is 1. The van der Waals surface area contributed by atoms with Crippen molar-refractivity contribution in [1.82, 2.24) is 10.3 Å². The Morgan fingerprint density at radius 2 is 2.16 bits per heavy atom. The normalized spacial score (nSPS) is 17.7. The molecule has 0 saturated heterocycles. The molecule has 19 heavy (non-hydrogen) atoms. The third-order valence-corrected chi connectivity index (χ3v) is 3.99. The molecule has 0 amide bonds. The summed E-state index contributed by atoms with van der Waals surface area (Å²) in [6.07, 6.45) is 14.0. The maximum absolute atomic E-state index is 4.28. The first kappa shape index (κ1) is 14.3. The van der Waals surface area contributed by atoms with Crippen molar-refractivity contribution >= 4 is 0 Å². The van der Waals surface area contributed by atoms with E-state index in [-0.39, 0.29) is 0 Å². The molecule has 0 radical (unpaired) electrons. The van der Waals surface area contributed by atoms with Crippen molar-refractivity contribution in [3.8, 4) is 0 Å². The van der Waals surface area contributed by atoms with Crippen LogP contribution in [-0.4, -0.2) is 11.5 Å². The highest BCUT2D eigenvalue weighted by Gasteiger charge is 2.18. The van der Waals surface area contributed by atoms with Gasteiger partial charge in [-0.25, -0.2) is 0 Å². The van der Waals surface area contributed by atoms with Crippen molar-refractivity contribution < 1.29 is 0 Å². The topological polar surface area (TPSA) is 24.9 Å². The summed E-state index contributed by atoms with van der Waals surface area (Å²) in [5, 5.41) is 3.68. The fourth-order valence-corrected chi connectivity index (χ4v) is 2.96. The quantitative estimate of drug-likeness (QED) is 0.801. The average Bonchev–Trinajstić information content (AvgIpc) is 2.74. The highest BCUT2D eigenvalue weighted by Crippen LogP contribution is 2.30. The molecule has 1 unspecified atom stereocenters. The van der Waals surface area contributed by atoms with Crippen LogP contribution in [0.2, 0.25) is 0 Å². The average molecular weight is 258 g/mol. The molecule has 2 rings (SSSR count). The fraction of sp³-hybridized carbons (Fsp3) is 0.588. The maximum atomic E-state index is 4.28. The molecule has 2 heteroatoms. The number of allylic oxidation sites excluding steroid dienone is 1. The molecule has 1 aromatic rings. The van der Waals surface area contributed by atoms with E-state index in [9.17, 15) is 0 Å². The standard InChI is InChI=1S/C17H26N2/c1-3-14-13-18-12-11-16(14)17(19-4-2)15-9-7-5-6-8-10-15/h9,11-13,17,19H,3-8,10H2,1-2H3. The molecule has 1 N–H and O–H groups in total. The predicted molar refractivity (Wildman–Crippen MR) is 81.2 cm³/mol. The van der Waals surface area contributed by atoms with E-state index in [1.807, 2.05) is 12.4 Å². The SMILES string of the molecule is CCNC(C1=CCCCCC1)c1ccncc1CC. The van der Waals surface area contributed by atoms with Crippen LogP contribution in [-0.2, 0) is 6.42 Å². The molecule has 1 aliphatic carbocycles. The lowest BCUT2D eigenvalue weighted by molar-refractivity contribution is 0.585. The summed E-state index contributed by atoms with van der Waals surface area (Å²) in [6.45, 7) is 5.41. The Balaban J connectivity index is 2.30. The zero-order valence-electron chi connectivity index (χ0n) is 12.3. The van der Waals surface area contributed by atoms with Crippen molar-refractivity contribution in [2.45, 2.75) is 58.4 Å². The van der Waals surface area contributed by atoms with E-state index in [4.69, 9.17) is 0 Å². The summed E-state index contributed by atoms with van der Waals surface area (Å²) in [5.41, 5.74) is 4.38. The highest BCUT2D eigenvalue weighted by molar-refractivity contribution is 5.33. The van der Waals surface area contributed by atoms with E-state index in [2.05, 4.69) is 36.3 Å². The highest BCUT2D eigenvalue weighted by atomic mass is 14.9. The third-order valence-electron chi connectivity index (χ3n) is 3.99. The Labute approximate surface area is 117 Å². The van der Waals surface area contributed by atoms with Crippen LogP contribution in [0.4, 0.5) is 0 Å². The number of rotatable bonds is 5. The van der Waals surface area contributed by atoms with Crippen LogP contribution in [0, 0.1) is 0 Å². The molecule has 104 valence electrons. The molecule has 0 spiro atoms. The summed E-state index contributed by atoms with van der Waals surface area (Å²) < 4.78 is 0. The van der Waals surface area contributed by atoms with Crippen molar-refractivity contribution in [3.63, 3.8) is 0 Å². The molecule has 0 aromatic carbocycles. The van der Waals surface area contributed by atoms with Crippen LogP contribution in [0.25, 0.3) is 0 Å². The smallest absolute Gasteiger partial charge is 0.0539 e. The number of likely N-dealkylation sites (N-methyl/N-ethyl adjacent to an activating group) is 1. The molecule has 0 bridgehead atoms. The number of hydrogen-bond acceptors (Lipinski definition) is 2. The molecule has 1 heterocycles. The van der Waals surface area contributed by atoms with E-state index < -0.39 is 0 Å². The van der Waals surface area contributed by atoms with E-state index in [0.717, 1.165) is 13.0 Å². The van der Waals surface area contributed by atoms with Gasteiger partial charge in [0.25, 0.3) is 0 Å². The molecule has 1 aliphatic rings. The molecule has 1 aromatic heterocycles. The molecule has 1 atom stereocenters. The summed E-state index contributed by atoms with van der Waals surface area (Å²) in [5.74, 6) is 0. The number of nitrogens with one attached hydrogen (secondary N) is 1.